The van der Waals surface area contributed by atoms with Gasteiger partial charge in [-0.25, -0.2) is 0 Å². The third-order valence-corrected chi connectivity index (χ3v) is 2.94. The minimum Gasteiger partial charge on any atom is -0.395 e. The van der Waals surface area contributed by atoms with E-state index in [0.29, 0.717) is 6.54 Å². The molecule has 0 atom stereocenters. The van der Waals surface area contributed by atoms with Gasteiger partial charge in [-0.2, -0.15) is 5.10 Å². The van der Waals surface area contributed by atoms with Crippen molar-refractivity contribution >= 4 is 0 Å². The van der Waals surface area contributed by atoms with E-state index in [0.717, 1.165) is 19.4 Å². The van der Waals surface area contributed by atoms with Crippen LogP contribution in [0.15, 0.2) is 0 Å². The van der Waals surface area contributed by atoms with Crippen molar-refractivity contribution in [2.75, 3.05) is 20.2 Å². The Kier molecular flexibility index (Phi) is 4.96. The molecular formula is C12H23N3O. The highest BCUT2D eigenvalue weighted by Gasteiger charge is 2.14. The number of aryl methyl sites for hydroxylation is 2. The van der Waals surface area contributed by atoms with Crippen LogP contribution in [0.3, 0.4) is 0 Å². The summed E-state index contributed by atoms with van der Waals surface area (Å²) in [6, 6.07) is 0. The summed E-state index contributed by atoms with van der Waals surface area (Å²) in [5.74, 6) is 0. The molecule has 4 nitrogen and oxygen atoms in total. The predicted octanol–water partition coefficient (Wildman–Crippen LogP) is 0.969. The maximum Gasteiger partial charge on any atom is 0.0669 e. The molecule has 16 heavy (non-hydrogen) atoms. The average molecular weight is 225 g/mol. The molecule has 1 rings (SSSR count). The summed E-state index contributed by atoms with van der Waals surface area (Å²) in [6.07, 6.45) is 1.97. The van der Waals surface area contributed by atoms with E-state index in [1.54, 1.807) is 0 Å². The highest BCUT2D eigenvalue weighted by molar-refractivity contribution is 5.26. The number of aliphatic hydroxyl groups is 1. The molecule has 0 aromatic carbocycles. The first-order chi connectivity index (χ1) is 7.63. The Hall–Kier alpha value is -0.870. The summed E-state index contributed by atoms with van der Waals surface area (Å²) in [6.45, 7) is 6.09. The summed E-state index contributed by atoms with van der Waals surface area (Å²) in [4.78, 5) is 2.13. The van der Waals surface area contributed by atoms with Crippen LogP contribution in [0.1, 0.15) is 30.8 Å². The Morgan fingerprint density at radius 2 is 2.00 bits per heavy atom. The Labute approximate surface area is 97.9 Å². The van der Waals surface area contributed by atoms with Crippen LogP contribution in [-0.4, -0.2) is 40.0 Å². The molecule has 0 aliphatic heterocycles. The largest absolute Gasteiger partial charge is 0.395 e. The van der Waals surface area contributed by atoms with Crippen LogP contribution in [0, 0.1) is 0 Å². The topological polar surface area (TPSA) is 41.3 Å². The van der Waals surface area contributed by atoms with Gasteiger partial charge in [0.2, 0.25) is 0 Å². The van der Waals surface area contributed by atoms with Crippen molar-refractivity contribution in [1.82, 2.24) is 14.7 Å². The summed E-state index contributed by atoms with van der Waals surface area (Å²) < 4.78 is 1.99. The fourth-order valence-electron chi connectivity index (χ4n) is 2.09. The van der Waals surface area contributed by atoms with Crippen LogP contribution in [0.25, 0.3) is 0 Å². The molecule has 1 N–H and O–H groups in total. The van der Waals surface area contributed by atoms with Gasteiger partial charge in [0.25, 0.3) is 0 Å². The zero-order valence-electron chi connectivity index (χ0n) is 10.8. The van der Waals surface area contributed by atoms with Crippen LogP contribution in [0.5, 0.6) is 0 Å². The number of aliphatic hydroxyl groups excluding tert-OH is 1. The van der Waals surface area contributed by atoms with E-state index in [1.165, 1.54) is 17.0 Å². The molecule has 0 aliphatic rings. The van der Waals surface area contributed by atoms with Crippen molar-refractivity contribution in [2.45, 2.75) is 33.2 Å². The number of hydrogen-bond donors (Lipinski definition) is 1. The molecule has 1 aromatic rings. The number of nitrogens with zero attached hydrogens (tertiary/aromatic N) is 3. The van der Waals surface area contributed by atoms with Crippen LogP contribution < -0.4 is 0 Å². The van der Waals surface area contributed by atoms with Crippen molar-refractivity contribution in [3.05, 3.63) is 17.0 Å². The van der Waals surface area contributed by atoms with E-state index < -0.39 is 0 Å². The number of likely N-dealkylation sites (N-methyl/N-ethyl adjacent to an activating group) is 1. The van der Waals surface area contributed by atoms with E-state index in [2.05, 4.69) is 23.8 Å². The molecule has 0 saturated carbocycles. The first-order valence-electron chi connectivity index (χ1n) is 5.97. The lowest BCUT2D eigenvalue weighted by Crippen LogP contribution is -2.22. The van der Waals surface area contributed by atoms with Crippen LogP contribution in [-0.2, 0) is 26.4 Å². The molecule has 0 radical (unpaired) electrons. The van der Waals surface area contributed by atoms with Gasteiger partial charge >= 0.3 is 0 Å². The van der Waals surface area contributed by atoms with Crippen LogP contribution >= 0.6 is 0 Å². The standard InChI is InChI=1S/C12H23N3O/c1-5-11-10(9-14(3)7-8-16)12(6-2)15(4)13-11/h16H,5-9H2,1-4H3. The van der Waals surface area contributed by atoms with Gasteiger partial charge in [0, 0.05) is 31.4 Å². The van der Waals surface area contributed by atoms with Gasteiger partial charge in [-0.3, -0.25) is 9.58 Å². The summed E-state index contributed by atoms with van der Waals surface area (Å²) >= 11 is 0. The Balaban J connectivity index is 2.91. The lowest BCUT2D eigenvalue weighted by atomic mass is 10.1. The molecule has 0 amide bonds. The molecule has 92 valence electrons. The van der Waals surface area contributed by atoms with E-state index in [4.69, 9.17) is 5.11 Å². The van der Waals surface area contributed by atoms with Gasteiger partial charge in [0.1, 0.15) is 0 Å². The molecule has 4 heteroatoms. The Morgan fingerprint density at radius 1 is 1.31 bits per heavy atom. The minimum atomic E-state index is 0.208. The minimum absolute atomic E-state index is 0.208. The number of aromatic nitrogens is 2. The van der Waals surface area contributed by atoms with Gasteiger partial charge in [-0.05, 0) is 19.9 Å². The lowest BCUT2D eigenvalue weighted by molar-refractivity contribution is 0.216. The molecule has 0 aliphatic carbocycles. The normalized spacial score (nSPS) is 11.4. The van der Waals surface area contributed by atoms with Gasteiger partial charge in [-0.15, -0.1) is 0 Å². The summed E-state index contributed by atoms with van der Waals surface area (Å²) in [5.41, 5.74) is 3.83. The maximum absolute atomic E-state index is 8.91. The smallest absolute Gasteiger partial charge is 0.0669 e. The number of rotatable bonds is 6. The second-order valence-electron chi connectivity index (χ2n) is 4.16. The monoisotopic (exact) mass is 225 g/mol. The molecule has 1 aromatic heterocycles. The highest BCUT2D eigenvalue weighted by atomic mass is 16.3. The van der Waals surface area contributed by atoms with E-state index in [-0.39, 0.29) is 6.61 Å². The first-order valence-corrected chi connectivity index (χ1v) is 5.97. The molecular weight excluding hydrogens is 202 g/mol. The van der Waals surface area contributed by atoms with Gasteiger partial charge in [0.15, 0.2) is 0 Å². The fraction of sp³-hybridized carbons (Fsp3) is 0.750. The van der Waals surface area contributed by atoms with Crippen molar-refractivity contribution < 1.29 is 5.11 Å². The fourth-order valence-corrected chi connectivity index (χ4v) is 2.09. The predicted molar refractivity (Wildman–Crippen MR) is 65.4 cm³/mol. The third kappa shape index (κ3) is 2.83. The van der Waals surface area contributed by atoms with Crippen LogP contribution in [0.2, 0.25) is 0 Å². The van der Waals surface area contributed by atoms with Crippen LogP contribution in [0.4, 0.5) is 0 Å². The lowest BCUT2D eigenvalue weighted by Gasteiger charge is -2.16. The number of hydrogen-bond acceptors (Lipinski definition) is 3. The molecule has 0 spiro atoms. The average Bonchev–Trinajstić information content (AvgIpc) is 2.54. The Bertz CT molecular complexity index is 333. The quantitative estimate of drug-likeness (QED) is 0.784. The van der Waals surface area contributed by atoms with Crippen molar-refractivity contribution in [3.8, 4) is 0 Å². The molecule has 0 unspecified atom stereocenters. The summed E-state index contributed by atoms with van der Waals surface area (Å²) in [7, 11) is 4.04. The van der Waals surface area contributed by atoms with Gasteiger partial charge in [-0.1, -0.05) is 13.8 Å². The van der Waals surface area contributed by atoms with E-state index >= 15 is 0 Å². The van der Waals surface area contributed by atoms with E-state index in [9.17, 15) is 0 Å². The zero-order valence-corrected chi connectivity index (χ0v) is 10.8. The molecule has 0 bridgehead atoms. The second kappa shape index (κ2) is 6.01. The first kappa shape index (κ1) is 13.2. The van der Waals surface area contributed by atoms with Gasteiger partial charge < -0.3 is 5.11 Å². The van der Waals surface area contributed by atoms with Crippen molar-refractivity contribution in [3.63, 3.8) is 0 Å². The summed E-state index contributed by atoms with van der Waals surface area (Å²) in [5, 5.41) is 13.5. The Morgan fingerprint density at radius 3 is 2.50 bits per heavy atom. The zero-order chi connectivity index (χ0) is 12.1. The molecule has 1 heterocycles. The molecule has 0 fully saturated rings. The third-order valence-electron chi connectivity index (χ3n) is 2.94. The maximum atomic E-state index is 8.91. The second-order valence-corrected chi connectivity index (χ2v) is 4.16. The SMILES string of the molecule is CCc1nn(C)c(CC)c1CN(C)CCO. The highest BCUT2D eigenvalue weighted by Crippen LogP contribution is 2.17. The van der Waals surface area contributed by atoms with E-state index in [1.807, 2.05) is 18.8 Å². The van der Waals surface area contributed by atoms with Crippen molar-refractivity contribution in [2.24, 2.45) is 7.05 Å². The molecule has 0 saturated heterocycles. The van der Waals surface area contributed by atoms with Gasteiger partial charge in [0.05, 0.1) is 12.3 Å². The van der Waals surface area contributed by atoms with Crippen molar-refractivity contribution in [1.29, 1.82) is 0 Å².